The summed E-state index contributed by atoms with van der Waals surface area (Å²) in [5.74, 6) is 1.42. The van der Waals surface area contributed by atoms with E-state index in [0.29, 0.717) is 46.5 Å². The first kappa shape index (κ1) is 30.3. The summed E-state index contributed by atoms with van der Waals surface area (Å²) in [6.45, 7) is 7.12. The molecule has 2 saturated heterocycles. The Kier molecular flexibility index (Phi) is 7.95. The Morgan fingerprint density at radius 1 is 1.00 bits per heavy atom. The van der Waals surface area contributed by atoms with Gasteiger partial charge in [0.05, 0.1) is 36.6 Å². The van der Waals surface area contributed by atoms with Crippen molar-refractivity contribution in [2.45, 2.75) is 37.1 Å². The van der Waals surface area contributed by atoms with Crippen LogP contribution >= 0.6 is 11.6 Å². The normalized spacial score (nSPS) is 20.4. The number of methoxy groups -OCH3 is 1. The van der Waals surface area contributed by atoms with Crippen LogP contribution < -0.4 is 24.6 Å². The highest BCUT2D eigenvalue weighted by atomic mass is 35.5. The lowest BCUT2D eigenvalue weighted by atomic mass is 9.98. The second kappa shape index (κ2) is 11.8. The first-order valence-electron chi connectivity index (χ1n) is 15.7. The number of aromatic nitrogens is 2. The molecule has 11 nitrogen and oxygen atoms in total. The van der Waals surface area contributed by atoms with Crippen LogP contribution in [-0.2, 0) is 15.4 Å². The molecule has 0 radical (unpaired) electrons. The number of nitrogens with zero attached hydrogens (tertiary/aromatic N) is 6. The number of hydrogen-bond donors (Lipinski definition) is 2. The topological polar surface area (TPSA) is 106 Å². The standard InChI is InChI=1S/C32H41ClN8O3S/c1-38-15-17-40(18-16-38)22-9-13-39(14-10-22)23-7-8-26(28(19-23)44-2)36-31-34-20-25(33)30(37-31)35-27-6-4-5-24-29(27)41(45(3,42)43)21-32(24)11-12-32/h4-8,19-20,22H,9-18,21H2,1-3H3,(H2,34,35,36,37). The lowest BCUT2D eigenvalue weighted by molar-refractivity contribution is 0.0982. The number of nitrogens with one attached hydrogen (secondary N) is 2. The molecule has 4 heterocycles. The van der Waals surface area contributed by atoms with E-state index in [-0.39, 0.29) is 5.41 Å². The summed E-state index contributed by atoms with van der Waals surface area (Å²) in [6, 6.07) is 12.7. The Hall–Kier alpha value is -3.32. The quantitative estimate of drug-likeness (QED) is 0.357. The van der Waals surface area contributed by atoms with Crippen LogP contribution in [0.15, 0.2) is 42.6 Å². The molecule has 3 fully saturated rings. The molecular formula is C32H41ClN8O3S. The number of para-hydroxylation sites is 1. The number of benzene rings is 2. The number of ether oxygens (including phenoxy) is 1. The number of halogens is 1. The van der Waals surface area contributed by atoms with Gasteiger partial charge in [-0.15, -0.1) is 0 Å². The van der Waals surface area contributed by atoms with E-state index in [9.17, 15) is 8.42 Å². The fourth-order valence-electron chi connectivity index (χ4n) is 7.06. The number of likely N-dealkylation sites (N-methyl/N-ethyl adjacent to an activating group) is 1. The molecule has 0 atom stereocenters. The van der Waals surface area contributed by atoms with Gasteiger partial charge in [0, 0.05) is 69.0 Å². The summed E-state index contributed by atoms with van der Waals surface area (Å²) in [7, 11) is 0.410. The van der Waals surface area contributed by atoms with Gasteiger partial charge in [0.1, 0.15) is 10.8 Å². The van der Waals surface area contributed by atoms with E-state index >= 15 is 0 Å². The fraction of sp³-hybridized carbons (Fsp3) is 0.500. The first-order chi connectivity index (χ1) is 21.6. The van der Waals surface area contributed by atoms with E-state index in [1.807, 2.05) is 24.3 Å². The number of piperidine rings is 1. The monoisotopic (exact) mass is 652 g/mol. The maximum absolute atomic E-state index is 12.7. The largest absolute Gasteiger partial charge is 0.494 e. The fourth-order valence-corrected chi connectivity index (χ4v) is 8.21. The van der Waals surface area contributed by atoms with Crippen molar-refractivity contribution in [3.63, 3.8) is 0 Å². The maximum atomic E-state index is 12.7. The van der Waals surface area contributed by atoms with Gasteiger partial charge in [-0.25, -0.2) is 13.4 Å². The minimum Gasteiger partial charge on any atom is -0.494 e. The summed E-state index contributed by atoms with van der Waals surface area (Å²) < 4.78 is 32.8. The van der Waals surface area contributed by atoms with Crippen LogP contribution in [0.1, 0.15) is 31.2 Å². The zero-order valence-corrected chi connectivity index (χ0v) is 27.7. The van der Waals surface area contributed by atoms with Crippen molar-refractivity contribution in [2.24, 2.45) is 0 Å². The highest BCUT2D eigenvalue weighted by Crippen LogP contribution is 2.59. The molecule has 240 valence electrons. The molecule has 2 aromatic carbocycles. The number of rotatable bonds is 8. The predicted molar refractivity (Wildman–Crippen MR) is 180 cm³/mol. The van der Waals surface area contributed by atoms with Crippen LogP contribution in [0.25, 0.3) is 0 Å². The Labute approximate surface area is 270 Å². The van der Waals surface area contributed by atoms with E-state index in [1.54, 1.807) is 7.11 Å². The van der Waals surface area contributed by atoms with E-state index in [4.69, 9.17) is 16.3 Å². The molecule has 1 spiro atoms. The Bertz CT molecular complexity index is 1690. The van der Waals surface area contributed by atoms with E-state index in [2.05, 4.69) is 54.5 Å². The number of fused-ring (bicyclic) bond motifs is 2. The molecule has 3 aliphatic heterocycles. The molecule has 0 bridgehead atoms. The van der Waals surface area contributed by atoms with Crippen LogP contribution in [0.2, 0.25) is 5.02 Å². The molecule has 2 N–H and O–H groups in total. The maximum Gasteiger partial charge on any atom is 0.232 e. The lowest BCUT2D eigenvalue weighted by Crippen LogP contribution is -2.52. The number of hydrogen-bond acceptors (Lipinski definition) is 10. The molecule has 13 heteroatoms. The van der Waals surface area contributed by atoms with E-state index in [1.165, 1.54) is 16.8 Å². The van der Waals surface area contributed by atoms with Gasteiger partial charge in [0.2, 0.25) is 16.0 Å². The molecule has 45 heavy (non-hydrogen) atoms. The van der Waals surface area contributed by atoms with Gasteiger partial charge >= 0.3 is 0 Å². The molecule has 0 unspecified atom stereocenters. The zero-order chi connectivity index (χ0) is 31.3. The van der Waals surface area contributed by atoms with Crippen molar-refractivity contribution in [2.75, 3.05) is 86.1 Å². The van der Waals surface area contributed by atoms with Gasteiger partial charge in [-0.1, -0.05) is 23.7 Å². The summed E-state index contributed by atoms with van der Waals surface area (Å²) in [4.78, 5) is 16.6. The smallest absolute Gasteiger partial charge is 0.232 e. The predicted octanol–water partition coefficient (Wildman–Crippen LogP) is 4.65. The molecule has 4 aliphatic rings. The lowest BCUT2D eigenvalue weighted by Gasteiger charge is -2.42. The van der Waals surface area contributed by atoms with Crippen molar-refractivity contribution in [1.82, 2.24) is 19.8 Å². The Morgan fingerprint density at radius 3 is 2.44 bits per heavy atom. The van der Waals surface area contributed by atoms with Gasteiger partial charge in [-0.3, -0.25) is 9.21 Å². The second-order valence-electron chi connectivity index (χ2n) is 12.8. The molecule has 3 aromatic rings. The molecule has 1 aromatic heterocycles. The van der Waals surface area contributed by atoms with Crippen molar-refractivity contribution in [3.8, 4) is 5.75 Å². The van der Waals surface area contributed by atoms with Crippen molar-refractivity contribution in [3.05, 3.63) is 53.2 Å². The van der Waals surface area contributed by atoms with Crippen molar-refractivity contribution < 1.29 is 13.2 Å². The minimum absolute atomic E-state index is 0.0957. The molecule has 1 saturated carbocycles. The zero-order valence-electron chi connectivity index (χ0n) is 26.1. The van der Waals surface area contributed by atoms with Gasteiger partial charge in [-0.2, -0.15) is 4.98 Å². The van der Waals surface area contributed by atoms with Crippen LogP contribution in [0.5, 0.6) is 5.75 Å². The average molecular weight is 653 g/mol. The number of piperazine rings is 1. The summed E-state index contributed by atoms with van der Waals surface area (Å²) in [5.41, 5.74) is 4.14. The van der Waals surface area contributed by atoms with Crippen LogP contribution in [-0.4, -0.2) is 100 Å². The van der Waals surface area contributed by atoms with Crippen LogP contribution in [0, 0.1) is 0 Å². The first-order valence-corrected chi connectivity index (χ1v) is 17.9. The molecule has 1 aliphatic carbocycles. The summed E-state index contributed by atoms with van der Waals surface area (Å²) >= 11 is 6.54. The summed E-state index contributed by atoms with van der Waals surface area (Å²) in [6.07, 6.45) is 7.07. The number of anilines is 6. The van der Waals surface area contributed by atoms with Crippen LogP contribution in [0.3, 0.4) is 0 Å². The van der Waals surface area contributed by atoms with E-state index in [0.717, 1.165) is 81.9 Å². The number of sulfonamides is 1. The van der Waals surface area contributed by atoms with E-state index < -0.39 is 10.0 Å². The Morgan fingerprint density at radius 2 is 1.76 bits per heavy atom. The summed E-state index contributed by atoms with van der Waals surface area (Å²) in [5, 5.41) is 6.92. The van der Waals surface area contributed by atoms with Gasteiger partial charge in [-0.05, 0) is 56.5 Å². The van der Waals surface area contributed by atoms with Gasteiger partial charge in [0.15, 0.2) is 5.82 Å². The SMILES string of the molecule is COc1cc(N2CCC(N3CCN(C)CC3)CC2)ccc1Nc1ncc(Cl)c(Nc2cccc3c2N(S(C)(=O)=O)CC32CC2)n1. The molecular weight excluding hydrogens is 612 g/mol. The van der Waals surface area contributed by atoms with Crippen molar-refractivity contribution >= 4 is 56.1 Å². The second-order valence-corrected chi connectivity index (χ2v) is 15.1. The third-order valence-electron chi connectivity index (χ3n) is 9.87. The highest BCUT2D eigenvalue weighted by Gasteiger charge is 2.54. The third kappa shape index (κ3) is 6.00. The molecule has 7 rings (SSSR count). The molecule has 0 amide bonds. The van der Waals surface area contributed by atoms with Crippen LogP contribution in [0.4, 0.5) is 34.5 Å². The highest BCUT2D eigenvalue weighted by molar-refractivity contribution is 7.92. The Balaban J connectivity index is 1.07. The van der Waals surface area contributed by atoms with Gasteiger partial charge < -0.3 is 25.2 Å². The van der Waals surface area contributed by atoms with Crippen molar-refractivity contribution in [1.29, 1.82) is 0 Å². The third-order valence-corrected chi connectivity index (χ3v) is 11.3. The average Bonchev–Trinajstić information content (AvgIpc) is 3.74. The van der Waals surface area contributed by atoms with Gasteiger partial charge in [0.25, 0.3) is 0 Å². The minimum atomic E-state index is -3.46.